The van der Waals surface area contributed by atoms with Crippen molar-refractivity contribution in [1.82, 2.24) is 10.6 Å². The van der Waals surface area contributed by atoms with E-state index < -0.39 is 0 Å². The fourth-order valence-corrected chi connectivity index (χ4v) is 3.22. The monoisotopic (exact) mass is 282 g/mol. The first-order valence-corrected chi connectivity index (χ1v) is 8.01. The highest BCUT2D eigenvalue weighted by Gasteiger charge is 2.38. The second kappa shape index (κ2) is 6.44. The molecule has 0 aromatic carbocycles. The molecule has 0 radical (unpaired) electrons. The minimum absolute atomic E-state index is 0.203. The van der Waals surface area contributed by atoms with Crippen LogP contribution in [-0.4, -0.2) is 38.8 Å². The summed E-state index contributed by atoms with van der Waals surface area (Å²) >= 11 is 0. The van der Waals surface area contributed by atoms with E-state index in [0.29, 0.717) is 5.92 Å². The first-order chi connectivity index (χ1) is 9.44. The predicted octanol–water partition coefficient (Wildman–Crippen LogP) is 1.95. The summed E-state index contributed by atoms with van der Waals surface area (Å²) in [5.41, 5.74) is -0.0796. The van der Waals surface area contributed by atoms with Crippen LogP contribution in [0, 0.1) is 16.7 Å². The molecule has 116 valence electrons. The van der Waals surface area contributed by atoms with E-state index in [1.54, 1.807) is 0 Å². The second-order valence-corrected chi connectivity index (χ2v) is 7.37. The molecule has 1 unspecified atom stereocenters. The quantitative estimate of drug-likeness (QED) is 0.828. The Labute approximate surface area is 123 Å². The maximum Gasteiger partial charge on any atom is 0.226 e. The standard InChI is InChI=1S/C16H30N2O2/c1-15(2,13-5-4-8-17-11-13)14(19)18-12-16(3)6-9-20-10-7-16/h13,17H,4-12H2,1-3H3,(H,18,19). The van der Waals surface area contributed by atoms with Crippen LogP contribution in [0.5, 0.6) is 0 Å². The van der Waals surface area contributed by atoms with Crippen molar-refractivity contribution in [2.24, 2.45) is 16.7 Å². The molecule has 2 aliphatic heterocycles. The fraction of sp³-hybridized carbons (Fsp3) is 0.938. The van der Waals surface area contributed by atoms with Gasteiger partial charge in [-0.2, -0.15) is 0 Å². The average Bonchev–Trinajstić information content (AvgIpc) is 2.46. The molecule has 2 aliphatic rings. The fourth-order valence-electron chi connectivity index (χ4n) is 3.22. The van der Waals surface area contributed by atoms with Gasteiger partial charge in [0.1, 0.15) is 0 Å². The summed E-state index contributed by atoms with van der Waals surface area (Å²) in [6, 6.07) is 0. The van der Waals surface area contributed by atoms with Gasteiger partial charge in [-0.3, -0.25) is 4.79 Å². The van der Waals surface area contributed by atoms with Crippen LogP contribution < -0.4 is 10.6 Å². The number of hydrogen-bond acceptors (Lipinski definition) is 3. The molecular formula is C16H30N2O2. The highest BCUT2D eigenvalue weighted by Crippen LogP contribution is 2.33. The van der Waals surface area contributed by atoms with Gasteiger partial charge < -0.3 is 15.4 Å². The molecule has 4 heteroatoms. The van der Waals surface area contributed by atoms with Crippen LogP contribution in [0.1, 0.15) is 46.5 Å². The highest BCUT2D eigenvalue weighted by atomic mass is 16.5. The molecule has 2 rings (SSSR count). The van der Waals surface area contributed by atoms with E-state index >= 15 is 0 Å². The van der Waals surface area contributed by atoms with Crippen LogP contribution in [0.2, 0.25) is 0 Å². The third-order valence-corrected chi connectivity index (χ3v) is 5.28. The van der Waals surface area contributed by atoms with Crippen LogP contribution >= 0.6 is 0 Å². The molecule has 1 atom stereocenters. The van der Waals surface area contributed by atoms with Crippen LogP contribution in [0.3, 0.4) is 0 Å². The van der Waals surface area contributed by atoms with Crippen molar-refractivity contribution in [1.29, 1.82) is 0 Å². The number of piperidine rings is 1. The first-order valence-electron chi connectivity index (χ1n) is 8.01. The summed E-state index contributed by atoms with van der Waals surface area (Å²) in [5.74, 6) is 0.651. The molecule has 0 bridgehead atoms. The Balaban J connectivity index is 1.86. The number of hydrogen-bond donors (Lipinski definition) is 2. The van der Waals surface area contributed by atoms with Crippen molar-refractivity contribution in [2.45, 2.75) is 46.5 Å². The van der Waals surface area contributed by atoms with E-state index in [-0.39, 0.29) is 16.7 Å². The number of carbonyl (C=O) groups excluding carboxylic acids is 1. The highest BCUT2D eigenvalue weighted by molar-refractivity contribution is 5.82. The largest absolute Gasteiger partial charge is 0.381 e. The number of rotatable bonds is 4. The lowest BCUT2D eigenvalue weighted by atomic mass is 9.74. The zero-order chi connectivity index (χ0) is 14.6. The van der Waals surface area contributed by atoms with Crippen molar-refractivity contribution >= 4 is 5.91 Å². The van der Waals surface area contributed by atoms with E-state index in [1.807, 2.05) is 0 Å². The van der Waals surface area contributed by atoms with E-state index in [2.05, 4.69) is 31.4 Å². The molecular weight excluding hydrogens is 252 g/mol. The van der Waals surface area contributed by atoms with Crippen LogP contribution in [0.25, 0.3) is 0 Å². The van der Waals surface area contributed by atoms with Crippen LogP contribution in [0.15, 0.2) is 0 Å². The van der Waals surface area contributed by atoms with Gasteiger partial charge in [0, 0.05) is 25.2 Å². The molecule has 4 nitrogen and oxygen atoms in total. The van der Waals surface area contributed by atoms with Crippen LogP contribution in [0.4, 0.5) is 0 Å². The number of nitrogens with one attached hydrogen (secondary N) is 2. The molecule has 0 aromatic heterocycles. The molecule has 0 aliphatic carbocycles. The van der Waals surface area contributed by atoms with Gasteiger partial charge in [0.15, 0.2) is 0 Å². The Morgan fingerprint density at radius 1 is 1.40 bits per heavy atom. The Hall–Kier alpha value is -0.610. The summed E-state index contributed by atoms with van der Waals surface area (Å²) in [6.45, 7) is 10.9. The van der Waals surface area contributed by atoms with E-state index in [0.717, 1.165) is 52.1 Å². The maximum absolute atomic E-state index is 12.6. The van der Waals surface area contributed by atoms with Gasteiger partial charge in [0.25, 0.3) is 0 Å². The van der Waals surface area contributed by atoms with Crippen molar-refractivity contribution in [3.63, 3.8) is 0 Å². The maximum atomic E-state index is 12.6. The minimum atomic E-state index is -0.283. The van der Waals surface area contributed by atoms with Gasteiger partial charge in [0.2, 0.25) is 5.91 Å². The van der Waals surface area contributed by atoms with Crippen LogP contribution in [-0.2, 0) is 9.53 Å². The van der Waals surface area contributed by atoms with Gasteiger partial charge in [-0.15, -0.1) is 0 Å². The van der Waals surface area contributed by atoms with Gasteiger partial charge >= 0.3 is 0 Å². The van der Waals surface area contributed by atoms with E-state index in [4.69, 9.17) is 4.74 Å². The van der Waals surface area contributed by atoms with Gasteiger partial charge in [-0.1, -0.05) is 20.8 Å². The number of ether oxygens (including phenoxy) is 1. The van der Waals surface area contributed by atoms with Crippen molar-refractivity contribution in [3.05, 3.63) is 0 Å². The first kappa shape index (κ1) is 15.8. The Morgan fingerprint density at radius 2 is 2.10 bits per heavy atom. The van der Waals surface area contributed by atoms with Gasteiger partial charge in [-0.25, -0.2) is 0 Å². The van der Waals surface area contributed by atoms with E-state index in [9.17, 15) is 4.79 Å². The number of amides is 1. The third kappa shape index (κ3) is 3.73. The molecule has 20 heavy (non-hydrogen) atoms. The summed E-state index contributed by atoms with van der Waals surface area (Å²) < 4.78 is 5.41. The molecule has 2 saturated heterocycles. The molecule has 2 fully saturated rings. The molecule has 0 aromatic rings. The van der Waals surface area contributed by atoms with Crippen molar-refractivity contribution in [2.75, 3.05) is 32.8 Å². The molecule has 0 spiro atoms. The normalized spacial score (nSPS) is 27.1. The summed E-state index contributed by atoms with van der Waals surface area (Å²) in [4.78, 5) is 12.6. The third-order valence-electron chi connectivity index (χ3n) is 5.28. The molecule has 2 N–H and O–H groups in total. The molecule has 2 heterocycles. The SMILES string of the molecule is CC1(CNC(=O)C(C)(C)C2CCCNC2)CCOCC1. The zero-order valence-electron chi connectivity index (χ0n) is 13.3. The lowest BCUT2D eigenvalue weighted by molar-refractivity contribution is -0.133. The zero-order valence-corrected chi connectivity index (χ0v) is 13.3. The predicted molar refractivity (Wildman–Crippen MR) is 80.5 cm³/mol. The molecule has 0 saturated carbocycles. The van der Waals surface area contributed by atoms with Crippen molar-refractivity contribution < 1.29 is 9.53 Å². The lowest BCUT2D eigenvalue weighted by Gasteiger charge is -2.38. The minimum Gasteiger partial charge on any atom is -0.381 e. The average molecular weight is 282 g/mol. The second-order valence-electron chi connectivity index (χ2n) is 7.37. The summed E-state index contributed by atoms with van der Waals surface area (Å²) in [6.07, 6.45) is 4.41. The summed E-state index contributed by atoms with van der Waals surface area (Å²) in [5, 5.41) is 6.62. The summed E-state index contributed by atoms with van der Waals surface area (Å²) in [7, 11) is 0. The smallest absolute Gasteiger partial charge is 0.226 e. The Morgan fingerprint density at radius 3 is 2.70 bits per heavy atom. The number of carbonyl (C=O) groups is 1. The van der Waals surface area contributed by atoms with Gasteiger partial charge in [-0.05, 0) is 50.1 Å². The topological polar surface area (TPSA) is 50.4 Å². The molecule has 1 amide bonds. The Kier molecular flexibility index (Phi) is 5.08. The van der Waals surface area contributed by atoms with E-state index in [1.165, 1.54) is 6.42 Å². The Bertz CT molecular complexity index is 329. The van der Waals surface area contributed by atoms with Gasteiger partial charge in [0.05, 0.1) is 0 Å². The van der Waals surface area contributed by atoms with Crippen molar-refractivity contribution in [3.8, 4) is 0 Å². The lowest BCUT2D eigenvalue weighted by Crippen LogP contribution is -2.49.